The molecule has 1 N–H and O–H groups in total. The fourth-order valence-corrected chi connectivity index (χ4v) is 3.80. The molecule has 9 heteroatoms. The highest BCUT2D eigenvalue weighted by Crippen LogP contribution is 2.22. The SMILES string of the molecule is Cc1nc2cc(Cn3ccnc3-c3cc4n(n3)CCCNC4)ccc2n1C.Cl.Cl. The second kappa shape index (κ2) is 8.57. The minimum absolute atomic E-state index is 0. The lowest BCUT2D eigenvalue weighted by molar-refractivity contribution is 0.588. The van der Waals surface area contributed by atoms with Crippen molar-refractivity contribution in [3.8, 4) is 11.5 Å². The van der Waals surface area contributed by atoms with Gasteiger partial charge in [0.1, 0.15) is 11.5 Å². The minimum Gasteiger partial charge on any atom is -0.331 e. The van der Waals surface area contributed by atoms with E-state index in [-0.39, 0.29) is 24.8 Å². The third-order valence-corrected chi connectivity index (χ3v) is 5.36. The van der Waals surface area contributed by atoms with Gasteiger partial charge in [-0.1, -0.05) is 6.07 Å². The molecule has 3 aromatic heterocycles. The Bertz CT molecular complexity index is 1100. The third kappa shape index (κ3) is 3.90. The zero-order valence-electron chi connectivity index (χ0n) is 16.5. The number of benzene rings is 1. The lowest BCUT2D eigenvalue weighted by Gasteiger charge is -2.07. The molecule has 0 bridgehead atoms. The first kappa shape index (κ1) is 21.4. The summed E-state index contributed by atoms with van der Waals surface area (Å²) in [4.78, 5) is 9.23. The number of fused-ring (bicyclic) bond motifs is 2. The largest absolute Gasteiger partial charge is 0.331 e. The van der Waals surface area contributed by atoms with Crippen molar-refractivity contribution in [3.05, 3.63) is 53.7 Å². The number of hydrogen-bond donors (Lipinski definition) is 1. The van der Waals surface area contributed by atoms with Crippen LogP contribution in [0.2, 0.25) is 0 Å². The van der Waals surface area contributed by atoms with E-state index in [1.165, 1.54) is 11.3 Å². The van der Waals surface area contributed by atoms with Crippen LogP contribution in [0, 0.1) is 6.92 Å². The van der Waals surface area contributed by atoms with E-state index in [9.17, 15) is 0 Å². The summed E-state index contributed by atoms with van der Waals surface area (Å²) >= 11 is 0. The summed E-state index contributed by atoms with van der Waals surface area (Å²) in [7, 11) is 2.05. The third-order valence-electron chi connectivity index (χ3n) is 5.36. The normalized spacial score (nSPS) is 13.4. The van der Waals surface area contributed by atoms with Gasteiger partial charge in [0.25, 0.3) is 0 Å². The maximum Gasteiger partial charge on any atom is 0.160 e. The van der Waals surface area contributed by atoms with Crippen LogP contribution in [-0.2, 0) is 26.7 Å². The lowest BCUT2D eigenvalue weighted by Crippen LogP contribution is -2.11. The molecule has 0 saturated carbocycles. The number of rotatable bonds is 3. The van der Waals surface area contributed by atoms with Crippen molar-refractivity contribution in [2.75, 3.05) is 6.54 Å². The van der Waals surface area contributed by atoms with Gasteiger partial charge in [0.15, 0.2) is 5.82 Å². The summed E-state index contributed by atoms with van der Waals surface area (Å²) in [6.45, 7) is 5.65. The number of nitrogens with one attached hydrogen (secondary N) is 1. The molecule has 0 saturated heterocycles. The van der Waals surface area contributed by atoms with E-state index in [1.807, 2.05) is 19.3 Å². The molecular weight excluding hydrogens is 409 g/mol. The van der Waals surface area contributed by atoms with E-state index < -0.39 is 0 Å². The second-order valence-electron chi connectivity index (χ2n) is 7.19. The summed E-state index contributed by atoms with van der Waals surface area (Å²) in [5, 5.41) is 8.24. The first-order chi connectivity index (χ1) is 13.2. The van der Waals surface area contributed by atoms with Crippen LogP contribution in [0.5, 0.6) is 0 Å². The van der Waals surface area contributed by atoms with Crippen molar-refractivity contribution in [3.63, 3.8) is 0 Å². The molecule has 5 rings (SSSR count). The highest BCUT2D eigenvalue weighted by atomic mass is 35.5. The summed E-state index contributed by atoms with van der Waals surface area (Å²) in [6.07, 6.45) is 4.97. The summed E-state index contributed by atoms with van der Waals surface area (Å²) < 4.78 is 6.39. The first-order valence-corrected chi connectivity index (χ1v) is 9.40. The Kier molecular flexibility index (Phi) is 6.31. The number of aromatic nitrogens is 6. The highest BCUT2D eigenvalue weighted by molar-refractivity contribution is 5.85. The summed E-state index contributed by atoms with van der Waals surface area (Å²) in [6, 6.07) is 8.63. The van der Waals surface area contributed by atoms with E-state index in [2.05, 4.69) is 60.4 Å². The average molecular weight is 434 g/mol. The average Bonchev–Trinajstić information content (AvgIpc) is 3.30. The smallest absolute Gasteiger partial charge is 0.160 e. The number of nitrogens with zero attached hydrogens (tertiary/aromatic N) is 6. The van der Waals surface area contributed by atoms with E-state index in [4.69, 9.17) is 5.10 Å². The minimum atomic E-state index is 0. The van der Waals surface area contributed by atoms with Gasteiger partial charge in [-0.3, -0.25) is 4.68 Å². The van der Waals surface area contributed by atoms with Gasteiger partial charge in [0.05, 0.1) is 16.7 Å². The van der Waals surface area contributed by atoms with Gasteiger partial charge in [0, 0.05) is 39.1 Å². The maximum atomic E-state index is 4.80. The number of halogens is 2. The molecule has 4 heterocycles. The standard InChI is InChI=1S/C20H23N7.2ClH/c1-14-23-17-10-15(4-5-19(17)25(14)2)13-26-9-7-22-20(26)18-11-16-12-21-6-3-8-27(16)24-18;;/h4-5,7,9-11,21H,3,6,8,12-13H2,1-2H3;2*1H. The van der Waals surface area contributed by atoms with Gasteiger partial charge in [0.2, 0.25) is 0 Å². The van der Waals surface area contributed by atoms with Crippen LogP contribution >= 0.6 is 24.8 Å². The topological polar surface area (TPSA) is 65.5 Å². The molecule has 7 nitrogen and oxygen atoms in total. The molecule has 154 valence electrons. The molecular formula is C20H25Cl2N7. The van der Waals surface area contributed by atoms with Crippen molar-refractivity contribution in [1.29, 1.82) is 0 Å². The molecule has 1 aromatic carbocycles. The zero-order valence-corrected chi connectivity index (χ0v) is 18.1. The van der Waals surface area contributed by atoms with Crippen LogP contribution in [0.4, 0.5) is 0 Å². The molecule has 1 aliphatic heterocycles. The fourth-order valence-electron chi connectivity index (χ4n) is 3.80. The predicted molar refractivity (Wildman–Crippen MR) is 119 cm³/mol. The van der Waals surface area contributed by atoms with Crippen LogP contribution in [0.1, 0.15) is 23.5 Å². The monoisotopic (exact) mass is 433 g/mol. The molecule has 4 aromatic rings. The Morgan fingerprint density at radius 3 is 2.90 bits per heavy atom. The molecule has 0 radical (unpaired) electrons. The van der Waals surface area contributed by atoms with Crippen LogP contribution in [-0.4, -0.2) is 35.4 Å². The van der Waals surface area contributed by atoms with Gasteiger partial charge < -0.3 is 14.5 Å². The summed E-state index contributed by atoms with van der Waals surface area (Å²) in [5.74, 6) is 1.94. The van der Waals surface area contributed by atoms with Crippen LogP contribution in [0.15, 0.2) is 36.7 Å². The van der Waals surface area contributed by atoms with Crippen LogP contribution in [0.3, 0.4) is 0 Å². The van der Waals surface area contributed by atoms with Crippen molar-refractivity contribution in [1.82, 2.24) is 34.2 Å². The molecule has 29 heavy (non-hydrogen) atoms. The Morgan fingerprint density at radius 1 is 1.17 bits per heavy atom. The van der Waals surface area contributed by atoms with E-state index in [1.54, 1.807) is 0 Å². The molecule has 0 atom stereocenters. The second-order valence-corrected chi connectivity index (χ2v) is 7.19. The Balaban J connectivity index is 0.00000120. The predicted octanol–water partition coefficient (Wildman–Crippen LogP) is 3.33. The van der Waals surface area contributed by atoms with Crippen molar-refractivity contribution in [2.24, 2.45) is 7.05 Å². The number of hydrogen-bond acceptors (Lipinski definition) is 4. The zero-order chi connectivity index (χ0) is 18.4. The molecule has 1 aliphatic rings. The van der Waals surface area contributed by atoms with Crippen molar-refractivity contribution < 1.29 is 0 Å². The summed E-state index contributed by atoms with van der Waals surface area (Å²) in [5.41, 5.74) is 5.57. The lowest BCUT2D eigenvalue weighted by atomic mass is 10.2. The van der Waals surface area contributed by atoms with Gasteiger partial charge in [-0.2, -0.15) is 5.10 Å². The van der Waals surface area contributed by atoms with E-state index >= 15 is 0 Å². The van der Waals surface area contributed by atoms with Crippen LogP contribution < -0.4 is 5.32 Å². The van der Waals surface area contributed by atoms with E-state index in [0.717, 1.165) is 61.0 Å². The molecule has 0 unspecified atom stereocenters. The van der Waals surface area contributed by atoms with E-state index in [0.29, 0.717) is 0 Å². The van der Waals surface area contributed by atoms with Crippen LogP contribution in [0.25, 0.3) is 22.6 Å². The maximum absolute atomic E-state index is 4.80. The first-order valence-electron chi connectivity index (χ1n) is 9.40. The van der Waals surface area contributed by atoms with Gasteiger partial charge in [-0.15, -0.1) is 24.8 Å². The van der Waals surface area contributed by atoms with Crippen molar-refractivity contribution in [2.45, 2.75) is 33.0 Å². The van der Waals surface area contributed by atoms with Gasteiger partial charge in [-0.05, 0) is 43.7 Å². The fraction of sp³-hybridized carbons (Fsp3) is 0.350. The number of aryl methyl sites for hydroxylation is 3. The highest BCUT2D eigenvalue weighted by Gasteiger charge is 2.16. The molecule has 0 fully saturated rings. The van der Waals surface area contributed by atoms with Gasteiger partial charge in [-0.25, -0.2) is 9.97 Å². The van der Waals surface area contributed by atoms with Crippen molar-refractivity contribution >= 4 is 35.8 Å². The molecule has 0 amide bonds. The number of imidazole rings is 2. The Labute approximate surface area is 182 Å². The molecule has 0 spiro atoms. The quantitative estimate of drug-likeness (QED) is 0.537. The molecule has 0 aliphatic carbocycles. The van der Waals surface area contributed by atoms with Gasteiger partial charge >= 0.3 is 0 Å². The Morgan fingerprint density at radius 2 is 2.03 bits per heavy atom. The Hall–Kier alpha value is -2.35.